The van der Waals surface area contributed by atoms with E-state index in [1.807, 2.05) is 6.07 Å². The molecule has 0 fully saturated rings. The first-order valence-electron chi connectivity index (χ1n) is 9.58. The minimum atomic E-state index is -0.615. The molecule has 0 aliphatic carbocycles. The Hall–Kier alpha value is -4.40. The topological polar surface area (TPSA) is 118 Å². The van der Waals surface area contributed by atoms with E-state index in [-0.39, 0.29) is 11.7 Å². The van der Waals surface area contributed by atoms with Crippen LogP contribution in [0.1, 0.15) is 18.5 Å². The molecule has 4 aromatic rings. The minimum Gasteiger partial charge on any atom is -0.508 e. The Morgan fingerprint density at radius 1 is 1.23 bits per heavy atom. The van der Waals surface area contributed by atoms with E-state index in [0.717, 1.165) is 0 Å². The number of anilines is 2. The molecule has 1 aliphatic rings. The van der Waals surface area contributed by atoms with Crippen LogP contribution in [0.4, 0.5) is 11.6 Å². The number of rotatable bonds is 4. The number of phenolic OH excluding ortho intramolecular Hbond substituents is 1. The van der Waals surface area contributed by atoms with Crippen LogP contribution in [0.25, 0.3) is 11.6 Å². The summed E-state index contributed by atoms with van der Waals surface area (Å²) in [7, 11) is 0. The quantitative estimate of drug-likeness (QED) is 0.467. The summed E-state index contributed by atoms with van der Waals surface area (Å²) in [6.07, 6.45) is 4.75. The van der Waals surface area contributed by atoms with E-state index in [0.29, 0.717) is 40.1 Å². The number of hydrogen-bond donors (Lipinski definition) is 3. The predicted octanol–water partition coefficient (Wildman–Crippen LogP) is 3.57. The standard InChI is InChI=1S/C22H18N6O3/c1-13-18(21(30)25-15-6-3-9-23-12-15)19(14-5-2-7-16(29)11-14)28-22(24-13)26-20(27-28)17-8-4-10-31-17/h2-12,19,29H,1H3,(H,25,30)(H,24,26,27). The molecule has 1 aromatic carbocycles. The van der Waals surface area contributed by atoms with Gasteiger partial charge >= 0.3 is 0 Å². The molecular formula is C22H18N6O3. The first kappa shape index (κ1) is 18.6. The molecule has 0 bridgehead atoms. The van der Waals surface area contributed by atoms with Crippen molar-refractivity contribution in [2.75, 3.05) is 10.6 Å². The average molecular weight is 414 g/mol. The maximum Gasteiger partial charge on any atom is 0.255 e. The van der Waals surface area contributed by atoms with E-state index < -0.39 is 6.04 Å². The van der Waals surface area contributed by atoms with Gasteiger partial charge in [-0.1, -0.05) is 12.1 Å². The number of hydrogen-bond acceptors (Lipinski definition) is 7. The largest absolute Gasteiger partial charge is 0.508 e. The van der Waals surface area contributed by atoms with E-state index in [4.69, 9.17) is 4.42 Å². The van der Waals surface area contributed by atoms with Crippen molar-refractivity contribution in [3.8, 4) is 17.3 Å². The summed E-state index contributed by atoms with van der Waals surface area (Å²) in [6.45, 7) is 1.80. The zero-order chi connectivity index (χ0) is 21.4. The van der Waals surface area contributed by atoms with Crippen LogP contribution in [-0.2, 0) is 4.79 Å². The number of allylic oxidation sites excluding steroid dienone is 1. The lowest BCUT2D eigenvalue weighted by Gasteiger charge is -2.28. The Bertz CT molecular complexity index is 1280. The van der Waals surface area contributed by atoms with Crippen molar-refractivity contribution >= 4 is 17.5 Å². The van der Waals surface area contributed by atoms with Gasteiger partial charge in [-0.05, 0) is 48.9 Å². The second-order valence-corrected chi connectivity index (χ2v) is 7.04. The monoisotopic (exact) mass is 414 g/mol. The van der Waals surface area contributed by atoms with E-state index in [9.17, 15) is 9.90 Å². The average Bonchev–Trinajstić information content (AvgIpc) is 3.43. The van der Waals surface area contributed by atoms with Gasteiger partial charge in [0, 0.05) is 11.9 Å². The lowest BCUT2D eigenvalue weighted by Crippen LogP contribution is -2.31. The predicted molar refractivity (Wildman–Crippen MR) is 113 cm³/mol. The maximum absolute atomic E-state index is 13.3. The van der Waals surface area contributed by atoms with Gasteiger partial charge in [-0.3, -0.25) is 9.78 Å². The van der Waals surface area contributed by atoms with Crippen LogP contribution in [0.2, 0.25) is 0 Å². The van der Waals surface area contributed by atoms with E-state index >= 15 is 0 Å². The third-order valence-corrected chi connectivity index (χ3v) is 4.94. The zero-order valence-electron chi connectivity index (χ0n) is 16.5. The molecule has 3 N–H and O–H groups in total. The van der Waals surface area contributed by atoms with Crippen LogP contribution < -0.4 is 10.6 Å². The Balaban J connectivity index is 1.62. The fraction of sp³-hybridized carbons (Fsp3) is 0.0909. The summed E-state index contributed by atoms with van der Waals surface area (Å²) in [5.74, 6) is 1.15. The minimum absolute atomic E-state index is 0.0913. The Kier molecular flexibility index (Phi) is 4.47. The van der Waals surface area contributed by atoms with Gasteiger partial charge in [0.15, 0.2) is 5.76 Å². The molecule has 1 aliphatic heterocycles. The SMILES string of the molecule is CC1=C(C(=O)Nc2cccnc2)C(c2cccc(O)c2)n2nc(-c3ccco3)nc2N1. The van der Waals surface area contributed by atoms with Crippen molar-refractivity contribution in [3.63, 3.8) is 0 Å². The van der Waals surface area contributed by atoms with Gasteiger partial charge in [-0.2, -0.15) is 4.98 Å². The molecular weight excluding hydrogens is 396 g/mol. The summed E-state index contributed by atoms with van der Waals surface area (Å²) in [5, 5.41) is 20.7. The normalized spacial score (nSPS) is 15.3. The molecule has 1 atom stereocenters. The highest BCUT2D eigenvalue weighted by molar-refractivity contribution is 6.05. The van der Waals surface area contributed by atoms with Gasteiger partial charge in [0.2, 0.25) is 11.8 Å². The molecule has 1 unspecified atom stereocenters. The van der Waals surface area contributed by atoms with Crippen LogP contribution in [0.5, 0.6) is 5.75 Å². The number of fused-ring (bicyclic) bond motifs is 1. The number of carbonyl (C=O) groups is 1. The van der Waals surface area contributed by atoms with Crippen LogP contribution >= 0.6 is 0 Å². The number of nitrogens with one attached hydrogen (secondary N) is 2. The van der Waals surface area contributed by atoms with E-state index in [1.54, 1.807) is 72.7 Å². The number of aromatic nitrogens is 4. The highest BCUT2D eigenvalue weighted by Crippen LogP contribution is 2.37. The summed E-state index contributed by atoms with van der Waals surface area (Å²) < 4.78 is 7.05. The molecule has 9 heteroatoms. The maximum atomic E-state index is 13.3. The van der Waals surface area contributed by atoms with Gasteiger partial charge < -0.3 is 20.2 Å². The van der Waals surface area contributed by atoms with Gasteiger partial charge in [0.05, 0.1) is 23.7 Å². The van der Waals surface area contributed by atoms with E-state index in [1.165, 1.54) is 0 Å². The first-order chi connectivity index (χ1) is 15.1. The van der Waals surface area contributed by atoms with Crippen molar-refractivity contribution in [1.29, 1.82) is 0 Å². The third kappa shape index (κ3) is 3.42. The van der Waals surface area contributed by atoms with Crippen molar-refractivity contribution < 1.29 is 14.3 Å². The first-order valence-corrected chi connectivity index (χ1v) is 9.58. The summed E-state index contributed by atoms with van der Waals surface area (Å²) in [5.41, 5.74) is 2.33. The van der Waals surface area contributed by atoms with Gasteiger partial charge in [-0.25, -0.2) is 4.68 Å². The number of carbonyl (C=O) groups excluding carboxylic acids is 1. The molecule has 3 aromatic heterocycles. The summed E-state index contributed by atoms with van der Waals surface area (Å²) >= 11 is 0. The molecule has 0 radical (unpaired) electrons. The molecule has 0 spiro atoms. The Morgan fingerprint density at radius 2 is 2.13 bits per heavy atom. The lowest BCUT2D eigenvalue weighted by atomic mass is 9.95. The fourth-order valence-corrected chi connectivity index (χ4v) is 3.59. The van der Waals surface area contributed by atoms with Crippen LogP contribution in [0.3, 0.4) is 0 Å². The lowest BCUT2D eigenvalue weighted by molar-refractivity contribution is -0.113. The van der Waals surface area contributed by atoms with Gasteiger partial charge in [0.25, 0.3) is 5.91 Å². The summed E-state index contributed by atoms with van der Waals surface area (Å²) in [4.78, 5) is 21.9. The number of pyridine rings is 1. The number of amides is 1. The van der Waals surface area contributed by atoms with Crippen LogP contribution in [0, 0.1) is 0 Å². The number of nitrogens with zero attached hydrogens (tertiary/aromatic N) is 4. The Morgan fingerprint density at radius 3 is 2.87 bits per heavy atom. The van der Waals surface area contributed by atoms with Crippen LogP contribution in [-0.4, -0.2) is 30.8 Å². The number of furan rings is 1. The zero-order valence-corrected chi connectivity index (χ0v) is 16.5. The molecule has 154 valence electrons. The third-order valence-electron chi connectivity index (χ3n) is 4.94. The second kappa shape index (κ2) is 7.45. The van der Waals surface area contributed by atoms with Crippen LogP contribution in [0.15, 0.2) is 82.9 Å². The van der Waals surface area contributed by atoms with E-state index in [2.05, 4.69) is 25.7 Å². The molecule has 0 saturated heterocycles. The van der Waals surface area contributed by atoms with Crippen molar-refractivity contribution in [1.82, 2.24) is 19.7 Å². The number of aromatic hydroxyl groups is 1. The molecule has 31 heavy (non-hydrogen) atoms. The molecule has 5 rings (SSSR count). The van der Waals surface area contributed by atoms with Crippen molar-refractivity contribution in [2.24, 2.45) is 0 Å². The van der Waals surface area contributed by atoms with Gasteiger partial charge in [0.1, 0.15) is 11.8 Å². The number of benzene rings is 1. The molecule has 9 nitrogen and oxygen atoms in total. The Labute approximate surface area is 177 Å². The highest BCUT2D eigenvalue weighted by atomic mass is 16.3. The number of phenols is 1. The molecule has 0 saturated carbocycles. The smallest absolute Gasteiger partial charge is 0.255 e. The van der Waals surface area contributed by atoms with Crippen molar-refractivity contribution in [3.05, 3.63) is 84.0 Å². The molecule has 1 amide bonds. The summed E-state index contributed by atoms with van der Waals surface area (Å²) in [6, 6.07) is 13.2. The fourth-order valence-electron chi connectivity index (χ4n) is 3.59. The molecule has 4 heterocycles. The van der Waals surface area contributed by atoms with Crippen molar-refractivity contribution in [2.45, 2.75) is 13.0 Å². The highest BCUT2D eigenvalue weighted by Gasteiger charge is 2.35. The van der Waals surface area contributed by atoms with Gasteiger partial charge in [-0.15, -0.1) is 5.10 Å². The second-order valence-electron chi connectivity index (χ2n) is 7.04.